The van der Waals surface area contributed by atoms with Gasteiger partial charge in [0, 0.05) is 17.5 Å². The molecule has 172 valence electrons. The highest BCUT2D eigenvalue weighted by Crippen LogP contribution is 2.54. The number of hydrazone groups is 1. The quantitative estimate of drug-likeness (QED) is 0.223. The number of nitrogens with one attached hydrogen (secondary N) is 1. The molecule has 2 atom stereocenters. The van der Waals surface area contributed by atoms with Gasteiger partial charge in [-0.15, -0.1) is 10.2 Å². The lowest BCUT2D eigenvalue weighted by molar-refractivity contribution is -0.118. The Hall–Kier alpha value is -3.30. The van der Waals surface area contributed by atoms with Gasteiger partial charge in [0.1, 0.15) is 11.5 Å². The number of fused-ring (bicyclic) bond motifs is 1. The number of aromatic nitrogens is 5. The highest BCUT2D eigenvalue weighted by atomic mass is 35.5. The van der Waals surface area contributed by atoms with Crippen molar-refractivity contribution in [1.82, 2.24) is 30.2 Å². The van der Waals surface area contributed by atoms with Crippen molar-refractivity contribution in [2.24, 2.45) is 5.10 Å². The Morgan fingerprint density at radius 3 is 2.76 bits per heavy atom. The fourth-order valence-electron chi connectivity index (χ4n) is 3.90. The molecule has 4 aromatic rings. The maximum absolute atomic E-state index is 12.3. The van der Waals surface area contributed by atoms with Crippen LogP contribution in [0.4, 0.5) is 0 Å². The summed E-state index contributed by atoms with van der Waals surface area (Å²) >= 11 is 7.36. The first-order chi connectivity index (χ1) is 16.6. The number of carbonyl (C=O) groups excluding carboxylic acids is 1. The van der Waals surface area contributed by atoms with Crippen LogP contribution < -0.4 is 5.43 Å². The van der Waals surface area contributed by atoms with Gasteiger partial charge in [0.25, 0.3) is 5.91 Å². The molecular formula is C24H22ClN7OS. The lowest BCUT2D eigenvalue weighted by Gasteiger charge is -2.07. The third-order valence-corrected chi connectivity index (χ3v) is 6.89. The Balaban J connectivity index is 1.16. The van der Waals surface area contributed by atoms with E-state index in [0.29, 0.717) is 17.5 Å². The number of benzene rings is 2. The van der Waals surface area contributed by atoms with E-state index in [4.69, 9.17) is 11.6 Å². The Kier molecular flexibility index (Phi) is 6.55. The van der Waals surface area contributed by atoms with Crippen LogP contribution in [-0.2, 0) is 11.3 Å². The molecular weight excluding hydrogens is 470 g/mol. The van der Waals surface area contributed by atoms with E-state index in [1.165, 1.54) is 23.5 Å². The molecule has 0 saturated heterocycles. The van der Waals surface area contributed by atoms with Gasteiger partial charge < -0.3 is 4.57 Å². The summed E-state index contributed by atoms with van der Waals surface area (Å²) < 4.78 is 2.09. The molecule has 1 fully saturated rings. The fraction of sp³-hybridized carbons (Fsp3) is 0.250. The fourth-order valence-corrected chi connectivity index (χ4v) is 4.83. The number of halogens is 1. The zero-order chi connectivity index (χ0) is 23.5. The first-order valence-electron chi connectivity index (χ1n) is 11.0. The van der Waals surface area contributed by atoms with Crippen LogP contribution in [-0.4, -0.2) is 42.6 Å². The molecule has 2 aromatic heterocycles. The summed E-state index contributed by atoms with van der Waals surface area (Å²) in [6.07, 6.45) is 4.14. The predicted octanol–water partition coefficient (Wildman–Crippen LogP) is 4.41. The Morgan fingerprint density at radius 2 is 1.97 bits per heavy atom. The van der Waals surface area contributed by atoms with Crippen molar-refractivity contribution < 1.29 is 4.79 Å². The average Bonchev–Trinajstić information content (AvgIpc) is 3.54. The standard InChI is InChI=1S/C24H22ClN7OS/c1-2-32-23(19-11-18(19)15-7-9-16(25)10-8-15)30-31-24(32)34-14-22(33)29-27-13-17-12-26-20-5-3-4-6-21(20)28-17/h3-10,12-13,18-19H,2,11,14H2,1H3,(H,29,33)/b27-13+. The minimum Gasteiger partial charge on any atom is -0.306 e. The number of nitrogens with zero attached hydrogens (tertiary/aromatic N) is 6. The van der Waals surface area contributed by atoms with Gasteiger partial charge >= 0.3 is 0 Å². The van der Waals surface area contributed by atoms with E-state index < -0.39 is 0 Å². The van der Waals surface area contributed by atoms with Gasteiger partial charge in [0.2, 0.25) is 0 Å². The number of hydrogen-bond donors (Lipinski definition) is 1. The van der Waals surface area contributed by atoms with Gasteiger partial charge in [0.15, 0.2) is 5.16 Å². The van der Waals surface area contributed by atoms with E-state index in [0.717, 1.165) is 40.0 Å². The second kappa shape index (κ2) is 9.90. The van der Waals surface area contributed by atoms with Crippen LogP contribution in [0, 0.1) is 0 Å². The number of carbonyl (C=O) groups is 1. The van der Waals surface area contributed by atoms with Gasteiger partial charge in [-0.05, 0) is 49.1 Å². The largest absolute Gasteiger partial charge is 0.306 e. The number of thioether (sulfide) groups is 1. The maximum atomic E-state index is 12.3. The highest BCUT2D eigenvalue weighted by molar-refractivity contribution is 7.99. The number of para-hydroxylation sites is 2. The van der Waals surface area contributed by atoms with Gasteiger partial charge in [0.05, 0.1) is 29.2 Å². The smallest absolute Gasteiger partial charge is 0.250 e. The van der Waals surface area contributed by atoms with Crippen LogP contribution in [0.2, 0.25) is 5.02 Å². The second-order valence-electron chi connectivity index (χ2n) is 7.95. The van der Waals surface area contributed by atoms with Crippen molar-refractivity contribution in [1.29, 1.82) is 0 Å². The molecule has 0 spiro atoms. The molecule has 34 heavy (non-hydrogen) atoms. The topological polar surface area (TPSA) is 98.0 Å². The van der Waals surface area contributed by atoms with E-state index in [1.807, 2.05) is 36.4 Å². The van der Waals surface area contributed by atoms with Crippen LogP contribution in [0.15, 0.2) is 65.0 Å². The zero-order valence-corrected chi connectivity index (χ0v) is 20.0. The molecule has 2 heterocycles. The molecule has 1 aliphatic carbocycles. The van der Waals surface area contributed by atoms with Crippen LogP contribution in [0.1, 0.15) is 42.3 Å². The lowest BCUT2D eigenvalue weighted by Crippen LogP contribution is -2.20. The number of amides is 1. The Labute approximate surface area is 205 Å². The van der Waals surface area contributed by atoms with Crippen LogP contribution in [0.5, 0.6) is 0 Å². The predicted molar refractivity (Wildman–Crippen MR) is 133 cm³/mol. The van der Waals surface area contributed by atoms with Gasteiger partial charge in [-0.2, -0.15) is 5.10 Å². The Morgan fingerprint density at radius 1 is 1.18 bits per heavy atom. The molecule has 0 bridgehead atoms. The van der Waals surface area contributed by atoms with Crippen LogP contribution in [0.3, 0.4) is 0 Å². The molecule has 8 nitrogen and oxygen atoms in total. The lowest BCUT2D eigenvalue weighted by atomic mass is 10.1. The molecule has 1 N–H and O–H groups in total. The SMILES string of the molecule is CCn1c(SCC(=O)N/N=C/c2cnc3ccccc3n2)nnc1C1CC1c1ccc(Cl)cc1. The monoisotopic (exact) mass is 491 g/mol. The maximum Gasteiger partial charge on any atom is 0.250 e. The third kappa shape index (κ3) is 4.95. The van der Waals surface area contributed by atoms with E-state index >= 15 is 0 Å². The minimum absolute atomic E-state index is 0.185. The summed E-state index contributed by atoms with van der Waals surface area (Å²) in [6, 6.07) is 15.6. The van der Waals surface area contributed by atoms with Crippen LogP contribution >= 0.6 is 23.4 Å². The molecule has 1 amide bonds. The summed E-state index contributed by atoms with van der Waals surface area (Å²) in [6.45, 7) is 2.81. The number of hydrogen-bond acceptors (Lipinski definition) is 7. The first-order valence-corrected chi connectivity index (χ1v) is 12.3. The average molecular weight is 492 g/mol. The molecule has 1 aliphatic rings. The number of rotatable bonds is 8. The van der Waals surface area contributed by atoms with Gasteiger partial charge in [-0.25, -0.2) is 10.4 Å². The summed E-state index contributed by atoms with van der Waals surface area (Å²) in [5, 5.41) is 14.3. The second-order valence-corrected chi connectivity index (χ2v) is 9.33. The Bertz CT molecular complexity index is 1360. The zero-order valence-electron chi connectivity index (χ0n) is 18.4. The van der Waals surface area contributed by atoms with Crippen molar-refractivity contribution in [3.8, 4) is 0 Å². The molecule has 0 radical (unpaired) electrons. The molecule has 10 heteroatoms. The minimum atomic E-state index is -0.229. The highest BCUT2D eigenvalue weighted by Gasteiger charge is 2.43. The summed E-state index contributed by atoms with van der Waals surface area (Å²) in [4.78, 5) is 21.1. The van der Waals surface area contributed by atoms with Crippen molar-refractivity contribution in [3.05, 3.63) is 76.8 Å². The van der Waals surface area contributed by atoms with E-state index in [1.54, 1.807) is 6.20 Å². The van der Waals surface area contributed by atoms with Gasteiger partial charge in [-0.1, -0.05) is 47.6 Å². The summed E-state index contributed by atoms with van der Waals surface area (Å²) in [5.41, 5.74) is 5.96. The van der Waals surface area contributed by atoms with E-state index in [-0.39, 0.29) is 11.7 Å². The molecule has 2 unspecified atom stereocenters. The van der Waals surface area contributed by atoms with Crippen molar-refractivity contribution in [3.63, 3.8) is 0 Å². The van der Waals surface area contributed by atoms with E-state index in [9.17, 15) is 4.79 Å². The van der Waals surface area contributed by atoms with E-state index in [2.05, 4.69) is 54.3 Å². The third-order valence-electron chi connectivity index (χ3n) is 5.67. The van der Waals surface area contributed by atoms with Gasteiger partial charge in [-0.3, -0.25) is 9.78 Å². The normalized spacial score (nSPS) is 17.4. The molecule has 2 aromatic carbocycles. The first kappa shape index (κ1) is 22.5. The molecule has 1 saturated carbocycles. The summed E-state index contributed by atoms with van der Waals surface area (Å²) in [7, 11) is 0. The van der Waals surface area contributed by atoms with Crippen molar-refractivity contribution in [2.75, 3.05) is 5.75 Å². The van der Waals surface area contributed by atoms with Crippen molar-refractivity contribution >= 4 is 46.5 Å². The summed E-state index contributed by atoms with van der Waals surface area (Å²) in [5.74, 6) is 1.69. The van der Waals surface area contributed by atoms with Crippen molar-refractivity contribution in [2.45, 2.75) is 36.9 Å². The molecule has 5 rings (SSSR count). The van der Waals surface area contributed by atoms with Crippen LogP contribution in [0.25, 0.3) is 11.0 Å². The molecule has 0 aliphatic heterocycles.